The summed E-state index contributed by atoms with van der Waals surface area (Å²) in [6.07, 6.45) is 5.05. The van der Waals surface area contributed by atoms with Crippen LogP contribution in [-0.4, -0.2) is 27.4 Å². The van der Waals surface area contributed by atoms with Crippen molar-refractivity contribution in [2.75, 3.05) is 14.1 Å². The van der Waals surface area contributed by atoms with Crippen molar-refractivity contribution in [3.63, 3.8) is 0 Å². The van der Waals surface area contributed by atoms with E-state index in [1.54, 1.807) is 67.7 Å². The van der Waals surface area contributed by atoms with Crippen LogP contribution in [0.2, 0.25) is 0 Å². The summed E-state index contributed by atoms with van der Waals surface area (Å²) in [4.78, 5) is 2.28. The predicted octanol–water partition coefficient (Wildman–Crippen LogP) is 3.58. The lowest BCUT2D eigenvalue weighted by Crippen LogP contribution is -2.09. The Hall–Kier alpha value is -2.33. The molecule has 0 heterocycles. The maximum Gasteiger partial charge on any atom is 0.208 e. The minimum Gasteiger partial charge on any atom is -0.382 e. The van der Waals surface area contributed by atoms with E-state index < -0.39 is 9.84 Å². The van der Waals surface area contributed by atoms with E-state index in [-0.39, 0.29) is 4.91 Å². The summed E-state index contributed by atoms with van der Waals surface area (Å²) in [6, 6.07) is 18.1. The van der Waals surface area contributed by atoms with Gasteiger partial charge in [-0.05, 0) is 23.8 Å². The molecule has 0 aromatic heterocycles. The summed E-state index contributed by atoms with van der Waals surface area (Å²) in [6.45, 7) is 0. The first-order valence-electron chi connectivity index (χ1n) is 6.91. The van der Waals surface area contributed by atoms with E-state index >= 15 is 0 Å². The van der Waals surface area contributed by atoms with E-state index in [9.17, 15) is 8.42 Å². The number of sulfone groups is 1. The Morgan fingerprint density at radius 1 is 0.909 bits per heavy atom. The fourth-order valence-electron chi connectivity index (χ4n) is 1.93. The van der Waals surface area contributed by atoms with Gasteiger partial charge in [0, 0.05) is 20.3 Å². The van der Waals surface area contributed by atoms with Crippen molar-refractivity contribution in [3.8, 4) is 0 Å². The van der Waals surface area contributed by atoms with E-state index in [0.717, 1.165) is 5.56 Å². The number of rotatable bonds is 5. The van der Waals surface area contributed by atoms with Gasteiger partial charge >= 0.3 is 0 Å². The first kappa shape index (κ1) is 16.0. The van der Waals surface area contributed by atoms with Crippen LogP contribution in [0.4, 0.5) is 0 Å². The summed E-state index contributed by atoms with van der Waals surface area (Å²) in [7, 11) is 0.0713. The molecule has 0 unspecified atom stereocenters. The van der Waals surface area contributed by atoms with Gasteiger partial charge in [-0.1, -0.05) is 54.6 Å². The van der Waals surface area contributed by atoms with Crippen LogP contribution < -0.4 is 0 Å². The molecule has 22 heavy (non-hydrogen) atoms. The molecule has 2 aromatic carbocycles. The normalized spacial score (nSPS) is 12.5. The molecule has 0 atom stereocenters. The Morgan fingerprint density at radius 2 is 1.45 bits per heavy atom. The molecule has 0 saturated carbocycles. The molecule has 0 aliphatic carbocycles. The van der Waals surface area contributed by atoms with Gasteiger partial charge in [0.15, 0.2) is 0 Å². The lowest BCUT2D eigenvalue weighted by molar-refractivity contribution is 0.559. The molecule has 2 aromatic rings. The van der Waals surface area contributed by atoms with Crippen LogP contribution in [0.15, 0.2) is 82.7 Å². The molecule has 114 valence electrons. The third-order valence-corrected chi connectivity index (χ3v) is 4.74. The zero-order chi connectivity index (χ0) is 16.0. The SMILES string of the molecule is CN(C)/C=C(\C=C\c1ccccc1)S(=O)(=O)c1ccccc1. The van der Waals surface area contributed by atoms with Crippen LogP contribution in [0, 0.1) is 0 Å². The lowest BCUT2D eigenvalue weighted by atomic mass is 10.2. The summed E-state index contributed by atoms with van der Waals surface area (Å²) >= 11 is 0. The third-order valence-electron chi connectivity index (χ3n) is 2.99. The topological polar surface area (TPSA) is 37.4 Å². The summed E-state index contributed by atoms with van der Waals surface area (Å²) in [5.41, 5.74) is 0.954. The molecule has 4 heteroatoms. The van der Waals surface area contributed by atoms with Gasteiger partial charge in [-0.2, -0.15) is 0 Å². The van der Waals surface area contributed by atoms with Crippen LogP contribution in [0.1, 0.15) is 5.56 Å². The van der Waals surface area contributed by atoms with Gasteiger partial charge in [0.25, 0.3) is 0 Å². The van der Waals surface area contributed by atoms with E-state index in [2.05, 4.69) is 0 Å². The largest absolute Gasteiger partial charge is 0.382 e. The summed E-state index contributed by atoms with van der Waals surface area (Å²) in [5.74, 6) is 0. The van der Waals surface area contributed by atoms with Gasteiger partial charge in [0.05, 0.1) is 9.80 Å². The van der Waals surface area contributed by atoms with Crippen molar-refractivity contribution < 1.29 is 8.42 Å². The maximum atomic E-state index is 12.7. The fourth-order valence-corrected chi connectivity index (χ4v) is 3.32. The standard InChI is InChI=1S/C18H19NO2S/c1-19(2)15-18(14-13-16-9-5-3-6-10-16)22(20,21)17-11-7-4-8-12-17/h3-15H,1-2H3/b14-13+,18-15+. The Kier molecular flexibility index (Phi) is 5.17. The van der Waals surface area contributed by atoms with Crippen molar-refractivity contribution in [3.05, 3.63) is 83.4 Å². The van der Waals surface area contributed by atoms with Crippen LogP contribution in [0.5, 0.6) is 0 Å². The smallest absolute Gasteiger partial charge is 0.208 e. The fraction of sp³-hybridized carbons (Fsp3) is 0.111. The van der Waals surface area contributed by atoms with Gasteiger partial charge in [0.2, 0.25) is 9.84 Å². The first-order valence-corrected chi connectivity index (χ1v) is 8.40. The molecule has 0 amide bonds. The quantitative estimate of drug-likeness (QED) is 0.792. The summed E-state index contributed by atoms with van der Waals surface area (Å²) in [5, 5.41) is 0. The van der Waals surface area contributed by atoms with E-state index in [1.165, 1.54) is 0 Å². The molecular formula is C18H19NO2S. The van der Waals surface area contributed by atoms with E-state index in [4.69, 9.17) is 0 Å². The molecule has 0 aliphatic rings. The third kappa shape index (κ3) is 4.09. The van der Waals surface area contributed by atoms with Crippen LogP contribution in [0.25, 0.3) is 6.08 Å². The van der Waals surface area contributed by atoms with Gasteiger partial charge in [-0.15, -0.1) is 0 Å². The Labute approximate surface area is 132 Å². The predicted molar refractivity (Wildman–Crippen MR) is 90.9 cm³/mol. The summed E-state index contributed by atoms with van der Waals surface area (Å²) < 4.78 is 25.5. The number of hydrogen-bond donors (Lipinski definition) is 0. The van der Waals surface area contributed by atoms with Crippen LogP contribution in [0.3, 0.4) is 0 Å². The monoisotopic (exact) mass is 313 g/mol. The molecule has 0 bridgehead atoms. The lowest BCUT2D eigenvalue weighted by Gasteiger charge is -2.10. The second-order valence-corrected chi connectivity index (χ2v) is 7.01. The number of nitrogens with zero attached hydrogens (tertiary/aromatic N) is 1. The highest BCUT2D eigenvalue weighted by molar-refractivity contribution is 7.95. The second-order valence-electron chi connectivity index (χ2n) is 5.06. The second kappa shape index (κ2) is 7.09. The minimum absolute atomic E-state index is 0.257. The molecule has 0 saturated heterocycles. The Bertz CT molecular complexity index is 761. The molecule has 0 aliphatic heterocycles. The van der Waals surface area contributed by atoms with Crippen molar-refractivity contribution >= 4 is 15.9 Å². The molecule has 0 spiro atoms. The number of benzene rings is 2. The van der Waals surface area contributed by atoms with E-state index in [0.29, 0.717) is 4.90 Å². The first-order chi connectivity index (χ1) is 10.5. The van der Waals surface area contributed by atoms with Crippen LogP contribution in [-0.2, 0) is 9.84 Å². The van der Waals surface area contributed by atoms with Crippen LogP contribution >= 0.6 is 0 Å². The molecule has 0 radical (unpaired) electrons. The van der Waals surface area contributed by atoms with Gasteiger partial charge < -0.3 is 4.90 Å². The average Bonchev–Trinajstić information content (AvgIpc) is 2.53. The molecular weight excluding hydrogens is 294 g/mol. The van der Waals surface area contributed by atoms with Crippen molar-refractivity contribution in [1.82, 2.24) is 4.90 Å². The molecule has 0 N–H and O–H groups in total. The molecule has 2 rings (SSSR count). The van der Waals surface area contributed by atoms with Gasteiger partial charge in [-0.3, -0.25) is 0 Å². The molecule has 3 nitrogen and oxygen atoms in total. The Morgan fingerprint density at radius 3 is 2.00 bits per heavy atom. The molecule has 0 fully saturated rings. The minimum atomic E-state index is -3.53. The maximum absolute atomic E-state index is 12.7. The highest BCUT2D eigenvalue weighted by atomic mass is 32.2. The zero-order valence-corrected chi connectivity index (χ0v) is 13.5. The van der Waals surface area contributed by atoms with E-state index in [1.807, 2.05) is 30.3 Å². The zero-order valence-electron chi connectivity index (χ0n) is 12.7. The average molecular weight is 313 g/mol. The number of hydrogen-bond acceptors (Lipinski definition) is 3. The van der Waals surface area contributed by atoms with Crippen molar-refractivity contribution in [1.29, 1.82) is 0 Å². The van der Waals surface area contributed by atoms with Crippen molar-refractivity contribution in [2.45, 2.75) is 4.90 Å². The highest BCUT2D eigenvalue weighted by Gasteiger charge is 2.18. The van der Waals surface area contributed by atoms with Gasteiger partial charge in [0.1, 0.15) is 0 Å². The Balaban J connectivity index is 2.42. The highest BCUT2D eigenvalue weighted by Crippen LogP contribution is 2.21. The number of allylic oxidation sites excluding steroid dienone is 1. The van der Waals surface area contributed by atoms with Crippen molar-refractivity contribution in [2.24, 2.45) is 0 Å². The van der Waals surface area contributed by atoms with Gasteiger partial charge in [-0.25, -0.2) is 8.42 Å².